The summed E-state index contributed by atoms with van der Waals surface area (Å²) >= 11 is 0. The first-order valence-electron chi connectivity index (χ1n) is 12.3. The number of nitriles is 2. The van der Waals surface area contributed by atoms with Crippen LogP contribution in [0.15, 0.2) is 121 Å². The predicted molar refractivity (Wildman–Crippen MR) is 145 cm³/mol. The zero-order valence-electron chi connectivity index (χ0n) is 21.0. The van der Waals surface area contributed by atoms with Crippen LogP contribution >= 0.6 is 0 Å². The Bertz CT molecular complexity index is 1230. The molecule has 0 saturated carbocycles. The number of esters is 1. The second-order valence-electron chi connectivity index (χ2n) is 8.44. The molecule has 0 aliphatic rings. The maximum absolute atomic E-state index is 11.7. The molecule has 4 aromatic rings. The molecule has 4 nitrogen and oxygen atoms in total. The van der Waals surface area contributed by atoms with E-state index in [1.165, 1.54) is 0 Å². The summed E-state index contributed by atoms with van der Waals surface area (Å²) < 4.78 is 5.01. The van der Waals surface area contributed by atoms with Gasteiger partial charge in [0.2, 0.25) is 0 Å². The third-order valence-corrected chi connectivity index (χ3v) is 6.13. The Labute approximate surface area is 219 Å². The summed E-state index contributed by atoms with van der Waals surface area (Å²) in [7, 11) is 0. The van der Waals surface area contributed by atoms with Gasteiger partial charge in [-0.15, -0.1) is 0 Å². The van der Waals surface area contributed by atoms with E-state index in [9.17, 15) is 15.3 Å². The maximum Gasteiger partial charge on any atom is 0.305 e. The van der Waals surface area contributed by atoms with Gasteiger partial charge in [-0.1, -0.05) is 121 Å². The molecule has 0 heterocycles. The van der Waals surface area contributed by atoms with Gasteiger partial charge in [-0.2, -0.15) is 10.5 Å². The van der Waals surface area contributed by atoms with Crippen molar-refractivity contribution in [1.29, 1.82) is 10.5 Å². The van der Waals surface area contributed by atoms with Crippen LogP contribution in [0.1, 0.15) is 47.9 Å². The van der Waals surface area contributed by atoms with Gasteiger partial charge in [-0.05, 0) is 35.6 Å². The molecule has 4 heteroatoms. The number of ether oxygens (including phenoxy) is 1. The lowest BCUT2D eigenvalue weighted by molar-refractivity contribution is -0.143. The zero-order valence-corrected chi connectivity index (χ0v) is 21.0. The van der Waals surface area contributed by atoms with Crippen LogP contribution in [0.4, 0.5) is 0 Å². The van der Waals surface area contributed by atoms with Gasteiger partial charge in [-0.3, -0.25) is 4.79 Å². The number of nitrogens with zero attached hydrogens (tertiary/aromatic N) is 2. The third kappa shape index (κ3) is 7.17. The highest BCUT2D eigenvalue weighted by atomic mass is 16.5. The summed E-state index contributed by atoms with van der Waals surface area (Å²) in [5, 5.41) is 19.1. The molecular formula is C33H30N2O2. The zero-order chi connectivity index (χ0) is 26.3. The SMILES string of the molecule is CCOC(=O)CCC(C#N)(c1ccccc1)c1ccccc1.N#CC(c1ccccc1)c1ccccc1. The van der Waals surface area contributed by atoms with Crippen molar-refractivity contribution < 1.29 is 9.53 Å². The van der Waals surface area contributed by atoms with Crippen molar-refractivity contribution in [2.45, 2.75) is 31.1 Å². The van der Waals surface area contributed by atoms with Crippen molar-refractivity contribution >= 4 is 5.97 Å². The van der Waals surface area contributed by atoms with Gasteiger partial charge in [0.25, 0.3) is 0 Å². The molecule has 4 rings (SSSR count). The molecule has 0 aliphatic heterocycles. The Morgan fingerprint density at radius 3 is 1.49 bits per heavy atom. The average Bonchev–Trinajstić information content (AvgIpc) is 2.97. The Balaban J connectivity index is 0.000000220. The number of hydrogen-bond donors (Lipinski definition) is 0. The molecule has 0 atom stereocenters. The Hall–Kier alpha value is -4.67. The molecule has 0 aromatic heterocycles. The average molecular weight is 487 g/mol. The minimum absolute atomic E-state index is 0.160. The molecule has 0 spiro atoms. The van der Waals surface area contributed by atoms with Crippen LogP contribution in [0.25, 0.3) is 0 Å². The number of carbonyl (C=O) groups excluding carboxylic acids is 1. The van der Waals surface area contributed by atoms with E-state index in [1.54, 1.807) is 6.92 Å². The molecule has 0 N–H and O–H groups in total. The smallest absolute Gasteiger partial charge is 0.305 e. The lowest BCUT2D eigenvalue weighted by Crippen LogP contribution is -2.27. The van der Waals surface area contributed by atoms with Crippen LogP contribution in [0.2, 0.25) is 0 Å². The predicted octanol–water partition coefficient (Wildman–Crippen LogP) is 7.18. The van der Waals surface area contributed by atoms with Gasteiger partial charge in [0, 0.05) is 6.42 Å². The number of benzene rings is 4. The highest BCUT2D eigenvalue weighted by Gasteiger charge is 2.35. The maximum atomic E-state index is 11.7. The molecule has 0 saturated heterocycles. The highest BCUT2D eigenvalue weighted by molar-refractivity contribution is 5.70. The van der Waals surface area contributed by atoms with E-state index < -0.39 is 5.41 Å². The molecule has 0 fully saturated rings. The van der Waals surface area contributed by atoms with E-state index >= 15 is 0 Å². The van der Waals surface area contributed by atoms with Crippen molar-refractivity contribution in [3.05, 3.63) is 144 Å². The number of rotatable bonds is 8. The topological polar surface area (TPSA) is 73.9 Å². The van der Waals surface area contributed by atoms with Gasteiger partial charge in [0.1, 0.15) is 5.41 Å². The lowest BCUT2D eigenvalue weighted by Gasteiger charge is -2.27. The normalized spacial score (nSPS) is 10.4. The first kappa shape index (κ1) is 26.9. The van der Waals surface area contributed by atoms with Crippen molar-refractivity contribution in [1.82, 2.24) is 0 Å². The van der Waals surface area contributed by atoms with Crippen molar-refractivity contribution in [3.63, 3.8) is 0 Å². The van der Waals surface area contributed by atoms with Crippen LogP contribution < -0.4 is 0 Å². The summed E-state index contributed by atoms with van der Waals surface area (Å²) in [6.45, 7) is 2.14. The van der Waals surface area contributed by atoms with Gasteiger partial charge in [0.05, 0.1) is 24.7 Å². The van der Waals surface area contributed by atoms with E-state index in [1.807, 2.05) is 121 Å². The van der Waals surface area contributed by atoms with Crippen molar-refractivity contribution in [2.24, 2.45) is 0 Å². The number of carbonyl (C=O) groups is 1. The van der Waals surface area contributed by atoms with E-state index in [-0.39, 0.29) is 18.3 Å². The lowest BCUT2D eigenvalue weighted by atomic mass is 9.72. The third-order valence-electron chi connectivity index (χ3n) is 6.13. The van der Waals surface area contributed by atoms with E-state index in [0.29, 0.717) is 13.0 Å². The summed E-state index contributed by atoms with van der Waals surface area (Å²) in [4.78, 5) is 11.7. The molecule has 0 amide bonds. The van der Waals surface area contributed by atoms with Gasteiger partial charge in [0.15, 0.2) is 0 Å². The fraction of sp³-hybridized carbons (Fsp3) is 0.182. The van der Waals surface area contributed by atoms with Crippen molar-refractivity contribution in [2.75, 3.05) is 6.61 Å². The van der Waals surface area contributed by atoms with Gasteiger partial charge in [-0.25, -0.2) is 0 Å². The standard InChI is InChI=1S/C19H19NO2.C14H11N/c1-2-22-18(21)13-14-19(15-20,16-9-5-3-6-10-16)17-11-7-4-8-12-17;15-11-14(12-7-3-1-4-8-12)13-9-5-2-6-10-13/h3-12H,2,13-14H2,1H3;1-10,14H. The summed E-state index contributed by atoms with van der Waals surface area (Å²) in [6.07, 6.45) is 0.613. The monoisotopic (exact) mass is 486 g/mol. The molecule has 0 unspecified atom stereocenters. The molecule has 0 aliphatic carbocycles. The van der Waals surface area contributed by atoms with E-state index in [0.717, 1.165) is 22.3 Å². The summed E-state index contributed by atoms with van der Waals surface area (Å²) in [5.41, 5.74) is 3.05. The van der Waals surface area contributed by atoms with Gasteiger partial charge < -0.3 is 4.74 Å². The minimum Gasteiger partial charge on any atom is -0.466 e. The Morgan fingerprint density at radius 1 is 0.730 bits per heavy atom. The Kier molecular flexibility index (Phi) is 10.2. The quantitative estimate of drug-likeness (QED) is 0.247. The molecular weight excluding hydrogens is 456 g/mol. The minimum atomic E-state index is -0.838. The largest absolute Gasteiger partial charge is 0.466 e. The van der Waals surface area contributed by atoms with Crippen LogP contribution in [-0.4, -0.2) is 12.6 Å². The first-order chi connectivity index (χ1) is 18.1. The van der Waals surface area contributed by atoms with E-state index in [4.69, 9.17) is 4.74 Å². The first-order valence-corrected chi connectivity index (χ1v) is 12.3. The number of hydrogen-bond acceptors (Lipinski definition) is 4. The van der Waals surface area contributed by atoms with Crippen LogP contribution in [-0.2, 0) is 14.9 Å². The molecule has 37 heavy (non-hydrogen) atoms. The molecule has 0 radical (unpaired) electrons. The second-order valence-corrected chi connectivity index (χ2v) is 8.44. The van der Waals surface area contributed by atoms with Crippen LogP contribution in [0.3, 0.4) is 0 Å². The van der Waals surface area contributed by atoms with E-state index in [2.05, 4.69) is 12.1 Å². The van der Waals surface area contributed by atoms with Crippen molar-refractivity contribution in [3.8, 4) is 12.1 Å². The molecule has 4 aromatic carbocycles. The summed E-state index contributed by atoms with van der Waals surface area (Å²) in [6, 6.07) is 43.7. The van der Waals surface area contributed by atoms with Gasteiger partial charge >= 0.3 is 5.97 Å². The van der Waals surface area contributed by atoms with Crippen LogP contribution in [0, 0.1) is 22.7 Å². The second kappa shape index (κ2) is 14.0. The molecule has 0 bridgehead atoms. The fourth-order valence-corrected chi connectivity index (χ4v) is 4.24. The Morgan fingerprint density at radius 2 is 1.14 bits per heavy atom. The van der Waals surface area contributed by atoms with Crippen LogP contribution in [0.5, 0.6) is 0 Å². The highest BCUT2D eigenvalue weighted by Crippen LogP contribution is 2.36. The fourth-order valence-electron chi connectivity index (χ4n) is 4.24. The summed E-state index contributed by atoms with van der Waals surface area (Å²) in [5.74, 6) is -0.429. The molecule has 184 valence electrons.